The number of hydrogen-bond acceptors (Lipinski definition) is 2. The first-order chi connectivity index (χ1) is 10.6. The summed E-state index contributed by atoms with van der Waals surface area (Å²) in [5.41, 5.74) is 2.02. The zero-order chi connectivity index (χ0) is 15.8. The smallest absolute Gasteiger partial charge is 0.229 e. The third-order valence-electron chi connectivity index (χ3n) is 3.33. The molecule has 0 spiro atoms. The van der Waals surface area contributed by atoms with Crippen molar-refractivity contribution >= 4 is 11.8 Å². The highest BCUT2D eigenvalue weighted by atomic mass is 16.2. The van der Waals surface area contributed by atoms with E-state index < -0.39 is 0 Å². The quantitative estimate of drug-likeness (QED) is 0.805. The molecule has 2 aromatic carbocycles. The second-order valence-corrected chi connectivity index (χ2v) is 5.14. The monoisotopic (exact) mass is 296 g/mol. The molecule has 0 radical (unpaired) electrons. The van der Waals surface area contributed by atoms with Crippen molar-refractivity contribution in [2.75, 3.05) is 0 Å². The van der Waals surface area contributed by atoms with Crippen LogP contribution in [-0.2, 0) is 16.1 Å². The Bertz CT molecular complexity index is 611. The molecule has 0 heterocycles. The SMILES string of the molecule is CC(NC(=O)CC(=O)NCc1ccccc1)c1ccccc1. The van der Waals surface area contributed by atoms with E-state index in [-0.39, 0.29) is 24.3 Å². The molecule has 0 saturated heterocycles. The van der Waals surface area contributed by atoms with Crippen LogP contribution in [0.3, 0.4) is 0 Å². The van der Waals surface area contributed by atoms with E-state index in [1.165, 1.54) is 0 Å². The maximum absolute atomic E-state index is 11.9. The molecule has 2 amide bonds. The number of benzene rings is 2. The molecule has 4 heteroatoms. The second-order valence-electron chi connectivity index (χ2n) is 5.14. The van der Waals surface area contributed by atoms with Crippen LogP contribution in [0, 0.1) is 0 Å². The maximum Gasteiger partial charge on any atom is 0.229 e. The largest absolute Gasteiger partial charge is 0.352 e. The van der Waals surface area contributed by atoms with Gasteiger partial charge >= 0.3 is 0 Å². The summed E-state index contributed by atoms with van der Waals surface area (Å²) in [7, 11) is 0. The molecule has 2 N–H and O–H groups in total. The molecule has 1 atom stereocenters. The minimum atomic E-state index is -0.276. The zero-order valence-electron chi connectivity index (χ0n) is 12.6. The molecule has 1 unspecified atom stereocenters. The van der Waals surface area contributed by atoms with Crippen LogP contribution < -0.4 is 10.6 Å². The van der Waals surface area contributed by atoms with Crippen LogP contribution in [0.1, 0.15) is 30.5 Å². The van der Waals surface area contributed by atoms with E-state index in [2.05, 4.69) is 10.6 Å². The Hall–Kier alpha value is -2.62. The zero-order valence-corrected chi connectivity index (χ0v) is 12.6. The van der Waals surface area contributed by atoms with Crippen LogP contribution in [0.5, 0.6) is 0 Å². The summed E-state index contributed by atoms with van der Waals surface area (Å²) in [5.74, 6) is -0.552. The highest BCUT2D eigenvalue weighted by Gasteiger charge is 2.12. The van der Waals surface area contributed by atoms with Gasteiger partial charge in [-0.05, 0) is 18.1 Å². The summed E-state index contributed by atoms with van der Waals surface area (Å²) in [6.07, 6.45) is -0.163. The van der Waals surface area contributed by atoms with Gasteiger partial charge in [0.2, 0.25) is 11.8 Å². The van der Waals surface area contributed by atoms with Gasteiger partial charge in [0.25, 0.3) is 0 Å². The molecule has 0 aliphatic rings. The molecule has 2 aromatic rings. The van der Waals surface area contributed by atoms with Crippen LogP contribution >= 0.6 is 0 Å². The molecule has 0 saturated carbocycles. The van der Waals surface area contributed by atoms with Crippen LogP contribution in [-0.4, -0.2) is 11.8 Å². The van der Waals surface area contributed by atoms with Crippen LogP contribution in [0.4, 0.5) is 0 Å². The summed E-state index contributed by atoms with van der Waals surface area (Å²) in [4.78, 5) is 23.6. The first-order valence-electron chi connectivity index (χ1n) is 7.30. The van der Waals surface area contributed by atoms with Gasteiger partial charge in [0.1, 0.15) is 6.42 Å². The average molecular weight is 296 g/mol. The predicted octanol–water partition coefficient (Wildman–Crippen LogP) is 2.57. The van der Waals surface area contributed by atoms with Gasteiger partial charge in [0.05, 0.1) is 6.04 Å². The van der Waals surface area contributed by atoms with Crippen molar-refractivity contribution in [3.05, 3.63) is 71.8 Å². The summed E-state index contributed by atoms with van der Waals surface area (Å²) >= 11 is 0. The van der Waals surface area contributed by atoms with Gasteiger partial charge in [-0.3, -0.25) is 9.59 Å². The van der Waals surface area contributed by atoms with Crippen molar-refractivity contribution in [1.82, 2.24) is 10.6 Å². The third kappa shape index (κ3) is 5.05. The lowest BCUT2D eigenvalue weighted by molar-refractivity contribution is -0.129. The molecule has 0 aliphatic heterocycles. The van der Waals surface area contributed by atoms with Crippen LogP contribution in [0.25, 0.3) is 0 Å². The number of rotatable bonds is 6. The average Bonchev–Trinajstić information content (AvgIpc) is 2.54. The minimum Gasteiger partial charge on any atom is -0.352 e. The lowest BCUT2D eigenvalue weighted by Crippen LogP contribution is -2.33. The highest BCUT2D eigenvalue weighted by Crippen LogP contribution is 2.11. The molecule has 22 heavy (non-hydrogen) atoms. The van der Waals surface area contributed by atoms with Gasteiger partial charge in [-0.1, -0.05) is 60.7 Å². The topological polar surface area (TPSA) is 58.2 Å². The van der Waals surface area contributed by atoms with Crippen molar-refractivity contribution < 1.29 is 9.59 Å². The highest BCUT2D eigenvalue weighted by molar-refractivity contribution is 5.96. The molecular formula is C18H20N2O2. The molecule has 0 bridgehead atoms. The lowest BCUT2D eigenvalue weighted by Gasteiger charge is -2.14. The Labute approximate surface area is 130 Å². The Morgan fingerprint density at radius 1 is 0.909 bits per heavy atom. The first kappa shape index (κ1) is 15.8. The van der Waals surface area contributed by atoms with Crippen molar-refractivity contribution in [2.45, 2.75) is 25.9 Å². The first-order valence-corrected chi connectivity index (χ1v) is 7.30. The van der Waals surface area contributed by atoms with E-state index in [0.717, 1.165) is 11.1 Å². The van der Waals surface area contributed by atoms with Crippen molar-refractivity contribution in [2.24, 2.45) is 0 Å². The third-order valence-corrected chi connectivity index (χ3v) is 3.33. The molecular weight excluding hydrogens is 276 g/mol. The summed E-state index contributed by atoms with van der Waals surface area (Å²) < 4.78 is 0. The van der Waals surface area contributed by atoms with E-state index in [9.17, 15) is 9.59 Å². The van der Waals surface area contributed by atoms with Gasteiger partial charge in [-0.2, -0.15) is 0 Å². The van der Waals surface area contributed by atoms with Crippen LogP contribution in [0.2, 0.25) is 0 Å². The number of hydrogen-bond donors (Lipinski definition) is 2. The fourth-order valence-electron chi connectivity index (χ4n) is 2.12. The standard InChI is InChI=1S/C18H20N2O2/c1-14(16-10-6-3-7-11-16)20-18(22)12-17(21)19-13-15-8-4-2-5-9-15/h2-11,14H,12-13H2,1H3,(H,19,21)(H,20,22). The summed E-state index contributed by atoms with van der Waals surface area (Å²) in [6.45, 7) is 2.33. The number of nitrogens with one attached hydrogen (secondary N) is 2. The van der Waals surface area contributed by atoms with Crippen molar-refractivity contribution in [3.63, 3.8) is 0 Å². The predicted molar refractivity (Wildman–Crippen MR) is 85.9 cm³/mol. The van der Waals surface area contributed by atoms with E-state index in [4.69, 9.17) is 0 Å². The van der Waals surface area contributed by atoms with Gasteiger partial charge in [-0.15, -0.1) is 0 Å². The summed E-state index contributed by atoms with van der Waals surface area (Å²) in [6, 6.07) is 19.1. The second kappa shape index (κ2) is 7.98. The molecule has 2 rings (SSSR count). The fourth-order valence-corrected chi connectivity index (χ4v) is 2.12. The van der Waals surface area contributed by atoms with E-state index >= 15 is 0 Å². The molecule has 0 fully saturated rings. The number of carbonyl (C=O) groups is 2. The van der Waals surface area contributed by atoms with Gasteiger partial charge in [-0.25, -0.2) is 0 Å². The lowest BCUT2D eigenvalue weighted by atomic mass is 10.1. The number of amides is 2. The Kier molecular flexibility index (Phi) is 5.72. The fraction of sp³-hybridized carbons (Fsp3) is 0.222. The molecule has 0 aliphatic carbocycles. The normalized spacial score (nSPS) is 11.5. The molecule has 0 aromatic heterocycles. The molecule has 4 nitrogen and oxygen atoms in total. The maximum atomic E-state index is 11.9. The van der Waals surface area contributed by atoms with E-state index in [0.29, 0.717) is 6.54 Å². The van der Waals surface area contributed by atoms with Crippen LogP contribution in [0.15, 0.2) is 60.7 Å². The van der Waals surface area contributed by atoms with E-state index in [1.54, 1.807) is 0 Å². The van der Waals surface area contributed by atoms with Crippen molar-refractivity contribution in [3.8, 4) is 0 Å². The Morgan fingerprint density at radius 3 is 2.14 bits per heavy atom. The van der Waals surface area contributed by atoms with Gasteiger partial charge in [0.15, 0.2) is 0 Å². The van der Waals surface area contributed by atoms with Gasteiger partial charge in [0, 0.05) is 6.54 Å². The number of carbonyl (C=O) groups excluding carboxylic acids is 2. The molecule has 114 valence electrons. The van der Waals surface area contributed by atoms with E-state index in [1.807, 2.05) is 67.6 Å². The Balaban J connectivity index is 1.75. The van der Waals surface area contributed by atoms with Crippen molar-refractivity contribution in [1.29, 1.82) is 0 Å². The van der Waals surface area contributed by atoms with Gasteiger partial charge < -0.3 is 10.6 Å². The Morgan fingerprint density at radius 2 is 1.50 bits per heavy atom. The minimum absolute atomic E-state index is 0.115. The summed E-state index contributed by atoms with van der Waals surface area (Å²) in [5, 5.41) is 5.57.